The van der Waals surface area contributed by atoms with Crippen molar-refractivity contribution in [3.05, 3.63) is 53.7 Å². The maximum absolute atomic E-state index is 5.58. The summed E-state index contributed by atoms with van der Waals surface area (Å²) in [5, 5.41) is 11.6. The molecule has 2 aliphatic heterocycles. The van der Waals surface area contributed by atoms with Gasteiger partial charge >= 0.3 is 0 Å². The topological polar surface area (TPSA) is 79.0 Å². The summed E-state index contributed by atoms with van der Waals surface area (Å²) in [6, 6.07) is 8.27. The van der Waals surface area contributed by atoms with Crippen molar-refractivity contribution in [2.45, 2.75) is 0 Å². The van der Waals surface area contributed by atoms with Gasteiger partial charge in [0.2, 0.25) is 0 Å². The highest BCUT2D eigenvalue weighted by Gasteiger charge is 2.21. The molecular formula is C22H20N6OS. The van der Waals surface area contributed by atoms with E-state index in [2.05, 4.69) is 50.9 Å². The molecule has 1 aromatic carbocycles. The van der Waals surface area contributed by atoms with Crippen molar-refractivity contribution in [1.29, 1.82) is 0 Å². The Morgan fingerprint density at radius 3 is 2.93 bits per heavy atom. The van der Waals surface area contributed by atoms with Gasteiger partial charge in [-0.15, -0.1) is 11.3 Å². The molecule has 0 spiro atoms. The molecule has 0 unspecified atom stereocenters. The Hall–Kier alpha value is -3.23. The van der Waals surface area contributed by atoms with Crippen LogP contribution in [-0.4, -0.2) is 53.0 Å². The molecule has 0 amide bonds. The summed E-state index contributed by atoms with van der Waals surface area (Å²) < 4.78 is 6.70. The summed E-state index contributed by atoms with van der Waals surface area (Å²) in [6.07, 6.45) is 8.21. The third-order valence-electron chi connectivity index (χ3n) is 5.47. The van der Waals surface area contributed by atoms with Crippen molar-refractivity contribution >= 4 is 43.8 Å². The van der Waals surface area contributed by atoms with E-state index in [1.54, 1.807) is 11.3 Å². The molecule has 2 aliphatic rings. The van der Waals surface area contributed by atoms with Crippen LogP contribution in [0.2, 0.25) is 0 Å². The van der Waals surface area contributed by atoms with Gasteiger partial charge in [-0.2, -0.15) is 5.10 Å². The zero-order valence-electron chi connectivity index (χ0n) is 16.3. The number of H-pyrrole nitrogens is 1. The molecule has 7 nitrogen and oxygen atoms in total. The van der Waals surface area contributed by atoms with Crippen LogP contribution in [0.25, 0.3) is 38.1 Å². The van der Waals surface area contributed by atoms with Gasteiger partial charge in [0.25, 0.3) is 0 Å². The van der Waals surface area contributed by atoms with E-state index in [0.717, 1.165) is 58.0 Å². The number of hydrogen-bond donors (Lipinski definition) is 2. The summed E-state index contributed by atoms with van der Waals surface area (Å²) in [7, 11) is 0. The Kier molecular flexibility index (Phi) is 4.24. The predicted molar refractivity (Wildman–Crippen MR) is 121 cm³/mol. The van der Waals surface area contributed by atoms with E-state index in [9.17, 15) is 0 Å². The molecule has 1 fully saturated rings. The molecule has 0 bridgehead atoms. The molecule has 2 N–H and O–H groups in total. The SMILES string of the molecule is C1=CC(c2cc3nc(-c4cccc5[nH]ncc45)nc(N4CCOCC4)c3s2)=CNC1. The van der Waals surface area contributed by atoms with E-state index < -0.39 is 0 Å². The number of aromatic nitrogens is 4. The Balaban J connectivity index is 1.56. The number of nitrogens with zero attached hydrogens (tertiary/aromatic N) is 4. The van der Waals surface area contributed by atoms with E-state index in [0.29, 0.717) is 13.2 Å². The first kappa shape index (κ1) is 17.6. The van der Waals surface area contributed by atoms with Crippen molar-refractivity contribution < 1.29 is 4.74 Å². The van der Waals surface area contributed by atoms with E-state index in [-0.39, 0.29) is 0 Å². The number of dihydropyridines is 1. The minimum atomic E-state index is 0.716. The van der Waals surface area contributed by atoms with Crippen LogP contribution in [0.4, 0.5) is 5.82 Å². The number of anilines is 1. The third kappa shape index (κ3) is 2.96. The molecule has 150 valence electrons. The number of thiophene rings is 1. The van der Waals surface area contributed by atoms with Gasteiger partial charge in [0.1, 0.15) is 0 Å². The normalized spacial score (nSPS) is 16.8. The Morgan fingerprint density at radius 1 is 1.13 bits per heavy atom. The van der Waals surface area contributed by atoms with E-state index in [4.69, 9.17) is 14.7 Å². The van der Waals surface area contributed by atoms with Gasteiger partial charge in [-0.25, -0.2) is 9.97 Å². The van der Waals surface area contributed by atoms with Gasteiger partial charge in [-0.3, -0.25) is 5.10 Å². The first-order chi connectivity index (χ1) is 14.9. The molecular weight excluding hydrogens is 396 g/mol. The minimum Gasteiger partial charge on any atom is -0.387 e. The van der Waals surface area contributed by atoms with Gasteiger partial charge in [0, 0.05) is 47.2 Å². The van der Waals surface area contributed by atoms with Gasteiger partial charge in [-0.1, -0.05) is 24.3 Å². The molecule has 3 aromatic heterocycles. The zero-order valence-corrected chi connectivity index (χ0v) is 17.1. The molecule has 4 aromatic rings. The number of aromatic amines is 1. The van der Waals surface area contributed by atoms with Gasteiger partial charge in [-0.05, 0) is 12.1 Å². The smallest absolute Gasteiger partial charge is 0.162 e. The standard InChI is InChI=1S/C22H20N6OS/c1-4-15(16-13-24-27-17(16)5-1)21-25-18-11-19(14-3-2-6-23-12-14)30-20(18)22(26-21)28-7-9-29-10-8-28/h1-5,11-13,23H,6-10H2,(H,24,27). The summed E-state index contributed by atoms with van der Waals surface area (Å²) in [5.74, 6) is 1.72. The average molecular weight is 417 g/mol. The van der Waals surface area contributed by atoms with Crippen molar-refractivity contribution in [3.63, 3.8) is 0 Å². The van der Waals surface area contributed by atoms with Crippen LogP contribution in [0.3, 0.4) is 0 Å². The largest absolute Gasteiger partial charge is 0.387 e. The molecule has 5 heterocycles. The Morgan fingerprint density at radius 2 is 2.07 bits per heavy atom. The van der Waals surface area contributed by atoms with Crippen LogP contribution < -0.4 is 10.2 Å². The lowest BCUT2D eigenvalue weighted by Gasteiger charge is -2.28. The zero-order chi connectivity index (χ0) is 19.9. The van der Waals surface area contributed by atoms with E-state index in [1.165, 1.54) is 10.5 Å². The molecule has 30 heavy (non-hydrogen) atoms. The number of fused-ring (bicyclic) bond motifs is 2. The van der Waals surface area contributed by atoms with Crippen LogP contribution in [0.1, 0.15) is 4.88 Å². The maximum Gasteiger partial charge on any atom is 0.162 e. The second-order valence-electron chi connectivity index (χ2n) is 7.34. The molecule has 0 aliphatic carbocycles. The van der Waals surface area contributed by atoms with Crippen LogP contribution in [0.5, 0.6) is 0 Å². The van der Waals surface area contributed by atoms with Crippen molar-refractivity contribution in [2.75, 3.05) is 37.7 Å². The van der Waals surface area contributed by atoms with Crippen LogP contribution in [0.15, 0.2) is 48.8 Å². The van der Waals surface area contributed by atoms with Gasteiger partial charge < -0.3 is 15.0 Å². The first-order valence-corrected chi connectivity index (χ1v) is 10.9. The number of rotatable bonds is 3. The second kappa shape index (κ2) is 7.23. The number of ether oxygens (including phenoxy) is 1. The van der Waals surface area contributed by atoms with Crippen molar-refractivity contribution in [2.24, 2.45) is 0 Å². The summed E-state index contributed by atoms with van der Waals surface area (Å²) in [4.78, 5) is 13.5. The lowest BCUT2D eigenvalue weighted by molar-refractivity contribution is 0.122. The predicted octanol–water partition coefficient (Wildman–Crippen LogP) is 3.57. The molecule has 8 heteroatoms. The molecule has 6 rings (SSSR count). The maximum atomic E-state index is 5.58. The van der Waals surface area contributed by atoms with Crippen LogP contribution in [0, 0.1) is 0 Å². The van der Waals surface area contributed by atoms with E-state index >= 15 is 0 Å². The van der Waals surface area contributed by atoms with E-state index in [1.807, 2.05) is 18.3 Å². The highest BCUT2D eigenvalue weighted by Crippen LogP contribution is 2.38. The second-order valence-corrected chi connectivity index (χ2v) is 8.39. The third-order valence-corrected chi connectivity index (χ3v) is 6.63. The monoisotopic (exact) mass is 416 g/mol. The molecule has 0 radical (unpaired) electrons. The molecule has 0 saturated carbocycles. The quantitative estimate of drug-likeness (QED) is 0.532. The lowest BCUT2D eigenvalue weighted by Crippen LogP contribution is -2.36. The lowest BCUT2D eigenvalue weighted by atomic mass is 10.1. The summed E-state index contributed by atoms with van der Waals surface area (Å²) >= 11 is 1.75. The van der Waals surface area contributed by atoms with Gasteiger partial charge in [0.05, 0.1) is 35.1 Å². The van der Waals surface area contributed by atoms with Gasteiger partial charge in [0.15, 0.2) is 11.6 Å². The average Bonchev–Trinajstić information content (AvgIpc) is 3.46. The van der Waals surface area contributed by atoms with Crippen molar-refractivity contribution in [1.82, 2.24) is 25.5 Å². The molecule has 0 atom stereocenters. The number of hydrogen-bond acceptors (Lipinski definition) is 7. The summed E-state index contributed by atoms with van der Waals surface area (Å²) in [6.45, 7) is 3.96. The fourth-order valence-corrected chi connectivity index (χ4v) is 5.06. The fraction of sp³-hybridized carbons (Fsp3) is 0.227. The fourth-order valence-electron chi connectivity index (χ4n) is 3.95. The first-order valence-electron chi connectivity index (χ1n) is 10.0. The number of morpholine rings is 1. The highest BCUT2D eigenvalue weighted by molar-refractivity contribution is 7.20. The Bertz CT molecular complexity index is 1300. The van der Waals surface area contributed by atoms with Crippen molar-refractivity contribution in [3.8, 4) is 11.4 Å². The summed E-state index contributed by atoms with van der Waals surface area (Å²) in [5.41, 5.74) is 4.13. The molecule has 1 saturated heterocycles. The Labute approximate surface area is 177 Å². The highest BCUT2D eigenvalue weighted by atomic mass is 32.1. The van der Waals surface area contributed by atoms with Crippen LogP contribution in [-0.2, 0) is 4.74 Å². The minimum absolute atomic E-state index is 0.716. The van der Waals surface area contributed by atoms with Crippen LogP contribution >= 0.6 is 11.3 Å². The number of allylic oxidation sites excluding steroid dienone is 2. The number of benzene rings is 1. The number of nitrogens with one attached hydrogen (secondary N) is 2.